The van der Waals surface area contributed by atoms with Crippen LogP contribution in [0.25, 0.3) is 0 Å². The molecule has 1 aromatic heterocycles. The predicted octanol–water partition coefficient (Wildman–Crippen LogP) is 3.12. The van der Waals surface area contributed by atoms with E-state index >= 15 is 0 Å². The standard InChI is InChI=1S/C13H16N2S/c1-8-6-4-5-7-11(8)12(14)13-15-9(2)10(3)16-13/h4-7,12H,14H2,1-3H3. The zero-order valence-electron chi connectivity index (χ0n) is 9.82. The van der Waals surface area contributed by atoms with Gasteiger partial charge in [-0.2, -0.15) is 0 Å². The summed E-state index contributed by atoms with van der Waals surface area (Å²) in [7, 11) is 0. The Morgan fingerprint density at radius 3 is 2.44 bits per heavy atom. The van der Waals surface area contributed by atoms with Gasteiger partial charge in [-0.15, -0.1) is 11.3 Å². The van der Waals surface area contributed by atoms with Crippen LogP contribution >= 0.6 is 11.3 Å². The van der Waals surface area contributed by atoms with E-state index in [1.54, 1.807) is 11.3 Å². The highest BCUT2D eigenvalue weighted by atomic mass is 32.1. The van der Waals surface area contributed by atoms with Crippen molar-refractivity contribution in [2.24, 2.45) is 5.73 Å². The minimum Gasteiger partial charge on any atom is -0.318 e. The van der Waals surface area contributed by atoms with Crippen molar-refractivity contribution in [2.45, 2.75) is 26.8 Å². The fraction of sp³-hybridized carbons (Fsp3) is 0.308. The van der Waals surface area contributed by atoms with Gasteiger partial charge in [-0.1, -0.05) is 24.3 Å². The molecule has 1 heterocycles. The number of hydrogen-bond acceptors (Lipinski definition) is 3. The summed E-state index contributed by atoms with van der Waals surface area (Å²) in [5, 5.41) is 1.00. The van der Waals surface area contributed by atoms with Crippen molar-refractivity contribution in [3.63, 3.8) is 0 Å². The quantitative estimate of drug-likeness (QED) is 0.864. The lowest BCUT2D eigenvalue weighted by atomic mass is 10.0. The van der Waals surface area contributed by atoms with Crippen LogP contribution in [0.15, 0.2) is 24.3 Å². The molecule has 2 nitrogen and oxygen atoms in total. The first-order valence-corrected chi connectivity index (χ1v) is 6.16. The molecule has 0 amide bonds. The van der Waals surface area contributed by atoms with Crippen molar-refractivity contribution in [3.05, 3.63) is 51.0 Å². The molecule has 0 aliphatic heterocycles. The summed E-state index contributed by atoms with van der Waals surface area (Å²) in [6.45, 7) is 6.20. The second kappa shape index (κ2) is 4.36. The fourth-order valence-electron chi connectivity index (χ4n) is 1.70. The first-order valence-electron chi connectivity index (χ1n) is 5.34. The molecule has 0 saturated heterocycles. The summed E-state index contributed by atoms with van der Waals surface area (Å²) in [4.78, 5) is 5.77. The Labute approximate surface area is 100 Å². The van der Waals surface area contributed by atoms with E-state index in [0.29, 0.717) is 0 Å². The van der Waals surface area contributed by atoms with Gasteiger partial charge in [-0.25, -0.2) is 4.98 Å². The molecule has 2 aromatic rings. The molecule has 16 heavy (non-hydrogen) atoms. The number of aromatic nitrogens is 1. The highest BCUT2D eigenvalue weighted by molar-refractivity contribution is 7.11. The number of hydrogen-bond donors (Lipinski definition) is 1. The lowest BCUT2D eigenvalue weighted by Crippen LogP contribution is -2.12. The Bertz CT molecular complexity index is 483. The number of benzene rings is 1. The molecule has 0 bridgehead atoms. The third-order valence-electron chi connectivity index (χ3n) is 2.83. The van der Waals surface area contributed by atoms with Crippen LogP contribution in [0.5, 0.6) is 0 Å². The van der Waals surface area contributed by atoms with E-state index in [2.05, 4.69) is 31.0 Å². The maximum absolute atomic E-state index is 6.25. The molecule has 0 aliphatic carbocycles. The second-order valence-corrected chi connectivity index (χ2v) is 5.26. The summed E-state index contributed by atoms with van der Waals surface area (Å²) in [6.07, 6.45) is 0. The van der Waals surface area contributed by atoms with Gasteiger partial charge >= 0.3 is 0 Å². The second-order valence-electron chi connectivity index (χ2n) is 4.03. The molecule has 0 radical (unpaired) electrons. The maximum atomic E-state index is 6.25. The summed E-state index contributed by atoms with van der Waals surface area (Å²) < 4.78 is 0. The predicted molar refractivity (Wildman–Crippen MR) is 68.8 cm³/mol. The summed E-state index contributed by atoms with van der Waals surface area (Å²) in [6, 6.07) is 8.12. The minimum absolute atomic E-state index is 0.0985. The Morgan fingerprint density at radius 1 is 1.19 bits per heavy atom. The molecule has 84 valence electrons. The van der Waals surface area contributed by atoms with Crippen molar-refractivity contribution in [3.8, 4) is 0 Å². The molecule has 3 heteroatoms. The smallest absolute Gasteiger partial charge is 0.114 e. The molecule has 1 atom stereocenters. The van der Waals surface area contributed by atoms with Crippen LogP contribution in [0.4, 0.5) is 0 Å². The molecular formula is C13H16N2S. The molecule has 0 fully saturated rings. The van der Waals surface area contributed by atoms with Gasteiger partial charge in [-0.3, -0.25) is 0 Å². The number of aryl methyl sites for hydroxylation is 3. The van der Waals surface area contributed by atoms with E-state index in [0.717, 1.165) is 16.3 Å². The Morgan fingerprint density at radius 2 is 1.88 bits per heavy atom. The summed E-state index contributed by atoms with van der Waals surface area (Å²) in [5.41, 5.74) is 9.72. The molecule has 0 spiro atoms. The van der Waals surface area contributed by atoms with Gasteiger partial charge in [0.15, 0.2) is 0 Å². The monoisotopic (exact) mass is 232 g/mol. The molecule has 2 rings (SSSR count). The molecule has 1 aromatic carbocycles. The molecule has 2 N–H and O–H groups in total. The molecule has 0 saturated carbocycles. The molecular weight excluding hydrogens is 216 g/mol. The van der Waals surface area contributed by atoms with Crippen molar-refractivity contribution in [1.82, 2.24) is 4.98 Å². The van der Waals surface area contributed by atoms with Crippen LogP contribution in [0.3, 0.4) is 0 Å². The zero-order chi connectivity index (χ0) is 11.7. The van der Waals surface area contributed by atoms with Crippen molar-refractivity contribution in [1.29, 1.82) is 0 Å². The van der Waals surface area contributed by atoms with E-state index in [-0.39, 0.29) is 6.04 Å². The van der Waals surface area contributed by atoms with Crippen LogP contribution in [0.2, 0.25) is 0 Å². The van der Waals surface area contributed by atoms with Crippen LogP contribution < -0.4 is 5.73 Å². The topological polar surface area (TPSA) is 38.9 Å². The van der Waals surface area contributed by atoms with Gasteiger partial charge in [0.1, 0.15) is 5.01 Å². The van der Waals surface area contributed by atoms with Gasteiger partial charge < -0.3 is 5.73 Å². The third kappa shape index (κ3) is 2.01. The van der Waals surface area contributed by atoms with Crippen LogP contribution in [-0.2, 0) is 0 Å². The van der Waals surface area contributed by atoms with Crippen LogP contribution in [0.1, 0.15) is 32.7 Å². The number of nitrogens with zero attached hydrogens (tertiary/aromatic N) is 1. The Hall–Kier alpha value is -1.19. The molecule has 1 unspecified atom stereocenters. The van der Waals surface area contributed by atoms with Crippen molar-refractivity contribution >= 4 is 11.3 Å². The van der Waals surface area contributed by atoms with Crippen LogP contribution in [0, 0.1) is 20.8 Å². The van der Waals surface area contributed by atoms with Crippen molar-refractivity contribution in [2.75, 3.05) is 0 Å². The lowest BCUT2D eigenvalue weighted by Gasteiger charge is -2.11. The van der Waals surface area contributed by atoms with E-state index in [9.17, 15) is 0 Å². The largest absolute Gasteiger partial charge is 0.318 e. The lowest BCUT2D eigenvalue weighted by molar-refractivity contribution is 0.843. The average Bonchev–Trinajstić information content (AvgIpc) is 2.59. The summed E-state index contributed by atoms with van der Waals surface area (Å²) in [5.74, 6) is 0. The number of rotatable bonds is 2. The first kappa shape index (κ1) is 11.3. The van der Waals surface area contributed by atoms with Gasteiger partial charge in [0.05, 0.1) is 11.7 Å². The SMILES string of the molecule is Cc1ccccc1C(N)c1nc(C)c(C)s1. The number of nitrogens with two attached hydrogens (primary N) is 1. The number of thiazole rings is 1. The van der Waals surface area contributed by atoms with E-state index in [1.807, 2.05) is 19.1 Å². The average molecular weight is 232 g/mol. The Balaban J connectivity index is 2.39. The maximum Gasteiger partial charge on any atom is 0.114 e. The summed E-state index contributed by atoms with van der Waals surface area (Å²) >= 11 is 1.69. The Kier molecular flexibility index (Phi) is 3.08. The van der Waals surface area contributed by atoms with E-state index in [4.69, 9.17) is 5.73 Å². The fourth-order valence-corrected chi connectivity index (χ4v) is 2.64. The van der Waals surface area contributed by atoms with E-state index in [1.165, 1.54) is 10.4 Å². The highest BCUT2D eigenvalue weighted by Crippen LogP contribution is 2.27. The molecule has 0 aliphatic rings. The third-order valence-corrected chi connectivity index (χ3v) is 3.99. The minimum atomic E-state index is -0.0985. The normalized spacial score (nSPS) is 12.8. The van der Waals surface area contributed by atoms with E-state index < -0.39 is 0 Å². The van der Waals surface area contributed by atoms with Crippen molar-refractivity contribution < 1.29 is 0 Å². The van der Waals surface area contributed by atoms with Gasteiger partial charge in [0.2, 0.25) is 0 Å². The van der Waals surface area contributed by atoms with Gasteiger partial charge in [0, 0.05) is 4.88 Å². The first-order chi connectivity index (χ1) is 7.59. The van der Waals surface area contributed by atoms with Crippen LogP contribution in [-0.4, -0.2) is 4.98 Å². The highest BCUT2D eigenvalue weighted by Gasteiger charge is 2.15. The van der Waals surface area contributed by atoms with Gasteiger partial charge in [-0.05, 0) is 31.9 Å². The van der Waals surface area contributed by atoms with Gasteiger partial charge in [0.25, 0.3) is 0 Å². The zero-order valence-corrected chi connectivity index (χ0v) is 10.6.